The fourth-order valence-electron chi connectivity index (χ4n) is 1.93. The number of benzene rings is 1. The molecule has 112 valence electrons. The molecule has 0 aliphatic heterocycles. The van der Waals surface area contributed by atoms with Crippen molar-refractivity contribution in [3.8, 4) is 5.75 Å². The Morgan fingerprint density at radius 3 is 2.62 bits per heavy atom. The Morgan fingerprint density at radius 2 is 2.05 bits per heavy atom. The summed E-state index contributed by atoms with van der Waals surface area (Å²) in [6.07, 6.45) is 0.366. The standard InChI is InChI=1S/C13H16N4O4/c1-9-3-10(2)5-12(4-9)21-7-11(18)6-16-8-14-13(15-16)17(19)20/h3-5,8,11,18H,6-7H2,1-2H3/t11-/m1/s1. The van der Waals surface area contributed by atoms with Crippen LogP contribution in [0.1, 0.15) is 11.1 Å². The van der Waals surface area contributed by atoms with E-state index < -0.39 is 17.0 Å². The Labute approximate surface area is 121 Å². The number of hydrogen-bond acceptors (Lipinski definition) is 6. The molecule has 0 spiro atoms. The number of nitrogens with zero attached hydrogens (tertiary/aromatic N) is 4. The maximum Gasteiger partial charge on any atom is 0.490 e. The molecule has 0 unspecified atom stereocenters. The minimum absolute atomic E-state index is 0.0660. The van der Waals surface area contributed by atoms with Gasteiger partial charge in [0.25, 0.3) is 0 Å². The van der Waals surface area contributed by atoms with Crippen LogP contribution in [0.2, 0.25) is 0 Å². The number of aryl methyl sites for hydroxylation is 2. The molecule has 8 heteroatoms. The highest BCUT2D eigenvalue weighted by Gasteiger charge is 2.16. The number of aliphatic hydroxyl groups is 1. The van der Waals surface area contributed by atoms with Crippen molar-refractivity contribution < 1.29 is 14.8 Å². The highest BCUT2D eigenvalue weighted by Crippen LogP contribution is 2.16. The third-order valence-electron chi connectivity index (χ3n) is 2.72. The first-order chi connectivity index (χ1) is 9.94. The van der Waals surface area contributed by atoms with E-state index in [0.717, 1.165) is 11.1 Å². The van der Waals surface area contributed by atoms with Gasteiger partial charge in [-0.25, -0.2) is 0 Å². The van der Waals surface area contributed by atoms with Crippen LogP contribution in [0.25, 0.3) is 0 Å². The molecule has 1 aromatic heterocycles. The molecular formula is C13H16N4O4. The zero-order valence-corrected chi connectivity index (χ0v) is 11.8. The number of rotatable bonds is 6. The van der Waals surface area contributed by atoms with Crippen LogP contribution in [-0.2, 0) is 6.54 Å². The Hall–Kier alpha value is -2.48. The molecule has 0 aliphatic rings. The molecule has 1 N–H and O–H groups in total. The van der Waals surface area contributed by atoms with Crippen LogP contribution in [0.3, 0.4) is 0 Å². The Bertz CT molecular complexity index is 621. The van der Waals surface area contributed by atoms with Crippen molar-refractivity contribution in [1.29, 1.82) is 0 Å². The molecule has 1 heterocycles. The van der Waals surface area contributed by atoms with Gasteiger partial charge < -0.3 is 20.0 Å². The van der Waals surface area contributed by atoms with E-state index in [0.29, 0.717) is 5.75 Å². The highest BCUT2D eigenvalue weighted by molar-refractivity contribution is 5.32. The minimum Gasteiger partial charge on any atom is -0.491 e. The summed E-state index contributed by atoms with van der Waals surface area (Å²) in [5, 5.41) is 23.9. The molecule has 0 radical (unpaired) electrons. The first-order valence-corrected chi connectivity index (χ1v) is 6.37. The van der Waals surface area contributed by atoms with E-state index in [1.165, 1.54) is 11.0 Å². The van der Waals surface area contributed by atoms with Crippen molar-refractivity contribution in [2.24, 2.45) is 0 Å². The van der Waals surface area contributed by atoms with Gasteiger partial charge in [0.1, 0.15) is 18.5 Å². The summed E-state index contributed by atoms with van der Waals surface area (Å²) in [6, 6.07) is 5.78. The van der Waals surface area contributed by atoms with Crippen LogP contribution in [0.5, 0.6) is 5.75 Å². The van der Waals surface area contributed by atoms with Crippen molar-refractivity contribution in [2.45, 2.75) is 26.5 Å². The second kappa shape index (κ2) is 6.31. The van der Waals surface area contributed by atoms with E-state index in [1.54, 1.807) is 0 Å². The fraction of sp³-hybridized carbons (Fsp3) is 0.385. The average Bonchev–Trinajstić information content (AvgIpc) is 2.84. The van der Waals surface area contributed by atoms with Crippen LogP contribution >= 0.6 is 0 Å². The van der Waals surface area contributed by atoms with Gasteiger partial charge >= 0.3 is 5.95 Å². The molecule has 0 saturated heterocycles. The van der Waals surface area contributed by atoms with Gasteiger partial charge in [0, 0.05) is 5.10 Å². The molecule has 0 amide bonds. The normalized spacial score (nSPS) is 12.1. The lowest BCUT2D eigenvalue weighted by Crippen LogP contribution is -2.24. The zero-order chi connectivity index (χ0) is 15.4. The van der Waals surface area contributed by atoms with Gasteiger partial charge in [0.15, 0.2) is 0 Å². The topological polar surface area (TPSA) is 103 Å². The van der Waals surface area contributed by atoms with E-state index in [2.05, 4.69) is 10.1 Å². The maximum atomic E-state index is 10.5. The summed E-state index contributed by atoms with van der Waals surface area (Å²) in [5.74, 6) is 0.188. The molecule has 0 saturated carbocycles. The summed E-state index contributed by atoms with van der Waals surface area (Å²) in [5.41, 5.74) is 2.15. The van der Waals surface area contributed by atoms with E-state index in [9.17, 15) is 15.2 Å². The van der Waals surface area contributed by atoms with E-state index in [4.69, 9.17) is 4.74 Å². The average molecular weight is 292 g/mol. The first kappa shape index (κ1) is 14.9. The summed E-state index contributed by atoms with van der Waals surface area (Å²) in [7, 11) is 0. The number of aromatic nitrogens is 3. The summed E-state index contributed by atoms with van der Waals surface area (Å²) in [6.45, 7) is 4.07. The lowest BCUT2D eigenvalue weighted by molar-refractivity contribution is -0.394. The molecule has 0 bridgehead atoms. The Kier molecular flexibility index (Phi) is 4.49. The monoisotopic (exact) mass is 292 g/mol. The molecule has 2 rings (SSSR count). The number of aliphatic hydroxyl groups excluding tert-OH is 1. The van der Waals surface area contributed by atoms with Crippen molar-refractivity contribution in [2.75, 3.05) is 6.61 Å². The van der Waals surface area contributed by atoms with Crippen molar-refractivity contribution in [3.63, 3.8) is 0 Å². The lowest BCUT2D eigenvalue weighted by atomic mass is 10.1. The van der Waals surface area contributed by atoms with Crippen molar-refractivity contribution in [3.05, 3.63) is 45.8 Å². The predicted octanol–water partition coefficient (Wildman–Crippen LogP) is 1.24. The third kappa shape index (κ3) is 4.25. The SMILES string of the molecule is Cc1cc(C)cc(OC[C@H](O)Cn2cnc([N+](=O)[O-])n2)c1. The van der Waals surface area contributed by atoms with Gasteiger partial charge in [-0.15, -0.1) is 0 Å². The van der Waals surface area contributed by atoms with E-state index in [1.807, 2.05) is 32.0 Å². The maximum absolute atomic E-state index is 10.5. The number of nitro groups is 1. The van der Waals surface area contributed by atoms with Gasteiger partial charge in [-0.2, -0.15) is 4.68 Å². The zero-order valence-electron chi connectivity index (χ0n) is 11.8. The number of ether oxygens (including phenoxy) is 1. The molecule has 0 aliphatic carbocycles. The molecule has 1 aromatic carbocycles. The molecule has 21 heavy (non-hydrogen) atoms. The van der Waals surface area contributed by atoms with Gasteiger partial charge in [0.2, 0.25) is 6.33 Å². The largest absolute Gasteiger partial charge is 0.491 e. The predicted molar refractivity (Wildman–Crippen MR) is 74.1 cm³/mol. The molecule has 8 nitrogen and oxygen atoms in total. The Morgan fingerprint density at radius 1 is 1.38 bits per heavy atom. The van der Waals surface area contributed by atoms with Crippen LogP contribution in [0.15, 0.2) is 24.5 Å². The molecule has 2 aromatic rings. The number of hydrogen-bond donors (Lipinski definition) is 1. The van der Waals surface area contributed by atoms with Crippen LogP contribution < -0.4 is 4.74 Å². The highest BCUT2D eigenvalue weighted by atomic mass is 16.6. The molecule has 1 atom stereocenters. The second-order valence-electron chi connectivity index (χ2n) is 4.81. The van der Waals surface area contributed by atoms with E-state index in [-0.39, 0.29) is 13.2 Å². The summed E-state index contributed by atoms with van der Waals surface area (Å²) >= 11 is 0. The minimum atomic E-state index is -0.841. The van der Waals surface area contributed by atoms with Gasteiger partial charge in [-0.3, -0.25) is 0 Å². The summed E-state index contributed by atoms with van der Waals surface area (Å²) in [4.78, 5) is 13.3. The van der Waals surface area contributed by atoms with Gasteiger partial charge in [-0.05, 0) is 42.0 Å². The Balaban J connectivity index is 1.89. The van der Waals surface area contributed by atoms with Gasteiger partial charge in [-0.1, -0.05) is 11.1 Å². The second-order valence-corrected chi connectivity index (χ2v) is 4.81. The third-order valence-corrected chi connectivity index (χ3v) is 2.72. The van der Waals surface area contributed by atoms with Crippen molar-refractivity contribution in [1.82, 2.24) is 14.8 Å². The summed E-state index contributed by atoms with van der Waals surface area (Å²) < 4.78 is 6.73. The van der Waals surface area contributed by atoms with Crippen molar-refractivity contribution >= 4 is 5.95 Å². The van der Waals surface area contributed by atoms with Crippen LogP contribution in [0, 0.1) is 24.0 Å². The van der Waals surface area contributed by atoms with Crippen LogP contribution in [0.4, 0.5) is 5.95 Å². The lowest BCUT2D eigenvalue weighted by Gasteiger charge is -2.12. The van der Waals surface area contributed by atoms with E-state index >= 15 is 0 Å². The quantitative estimate of drug-likeness (QED) is 0.634. The first-order valence-electron chi connectivity index (χ1n) is 6.37. The van der Waals surface area contributed by atoms with Crippen LogP contribution in [-0.4, -0.2) is 37.5 Å². The fourth-order valence-corrected chi connectivity index (χ4v) is 1.93. The smallest absolute Gasteiger partial charge is 0.490 e. The molecule has 0 fully saturated rings. The van der Waals surface area contributed by atoms with Gasteiger partial charge in [0.05, 0.1) is 6.54 Å². The molecular weight excluding hydrogens is 276 g/mol.